The first-order valence-electron chi connectivity index (χ1n) is 7.58. The molecule has 128 valence electrons. The fourth-order valence-electron chi connectivity index (χ4n) is 2.84. The summed E-state index contributed by atoms with van der Waals surface area (Å²) in [4.78, 5) is 4.45. The average molecular weight is 439 g/mol. The number of aliphatic imine (C=N–C) groups is 1. The average Bonchev–Trinajstić information content (AvgIpc) is 2.55. The maximum Gasteiger partial charge on any atom is 0.193 e. The normalized spacial score (nSPS) is 15.6. The highest BCUT2D eigenvalue weighted by molar-refractivity contribution is 14.0. The molecule has 0 aliphatic heterocycles. The van der Waals surface area contributed by atoms with Gasteiger partial charge >= 0.3 is 0 Å². The van der Waals surface area contributed by atoms with Gasteiger partial charge in [0.2, 0.25) is 0 Å². The Morgan fingerprint density at radius 3 is 2.62 bits per heavy atom. The van der Waals surface area contributed by atoms with Gasteiger partial charge in [0.05, 0.1) is 14.2 Å². The molecule has 0 saturated carbocycles. The molecule has 0 saturated heterocycles. The minimum atomic E-state index is 0. The van der Waals surface area contributed by atoms with E-state index in [9.17, 15) is 0 Å². The zero-order valence-electron chi connectivity index (χ0n) is 13.8. The molecular formula is C18H22IN3O2. The largest absolute Gasteiger partial charge is 0.493 e. The number of ether oxygens (including phenoxy) is 2. The van der Waals surface area contributed by atoms with Gasteiger partial charge in [0.15, 0.2) is 17.5 Å². The predicted octanol–water partition coefficient (Wildman–Crippen LogP) is 3.39. The molecule has 0 spiro atoms. The monoisotopic (exact) mass is 439 g/mol. The first kappa shape index (κ1) is 18.4. The van der Waals surface area contributed by atoms with Crippen LogP contribution in [0.15, 0.2) is 47.5 Å². The second kappa shape index (κ2) is 8.23. The number of nitrogens with zero attached hydrogens (tertiary/aromatic N) is 1. The van der Waals surface area contributed by atoms with Crippen molar-refractivity contribution in [3.05, 3.63) is 53.6 Å². The van der Waals surface area contributed by atoms with Gasteiger partial charge in [-0.15, -0.1) is 24.0 Å². The number of anilines is 1. The van der Waals surface area contributed by atoms with Crippen LogP contribution in [-0.4, -0.2) is 26.7 Å². The van der Waals surface area contributed by atoms with Crippen LogP contribution in [0.25, 0.3) is 0 Å². The standard InChI is InChI=1S/C18H21N3O2.HI/c1-22-16-8-7-14(10-17(16)23-2)21-18(19)20-11-13-9-12-5-3-4-6-15(12)13;/h3-8,10,13H,9,11H2,1-2H3,(H3,19,20,21);1H. The molecule has 3 rings (SSSR count). The fourth-order valence-corrected chi connectivity index (χ4v) is 2.84. The summed E-state index contributed by atoms with van der Waals surface area (Å²) in [5.41, 5.74) is 9.60. The Morgan fingerprint density at radius 2 is 1.92 bits per heavy atom. The lowest BCUT2D eigenvalue weighted by Crippen LogP contribution is -2.26. The third-order valence-electron chi connectivity index (χ3n) is 4.10. The number of fused-ring (bicyclic) bond motifs is 1. The molecule has 0 amide bonds. The van der Waals surface area contributed by atoms with Gasteiger partial charge in [-0.25, -0.2) is 0 Å². The smallest absolute Gasteiger partial charge is 0.193 e. The van der Waals surface area contributed by atoms with Crippen molar-refractivity contribution in [3.63, 3.8) is 0 Å². The highest BCUT2D eigenvalue weighted by atomic mass is 127. The number of guanidine groups is 1. The number of halogens is 1. The summed E-state index contributed by atoms with van der Waals surface area (Å²) >= 11 is 0. The lowest BCUT2D eigenvalue weighted by molar-refractivity contribution is 0.355. The van der Waals surface area contributed by atoms with E-state index in [4.69, 9.17) is 15.2 Å². The van der Waals surface area contributed by atoms with E-state index in [2.05, 4.69) is 34.6 Å². The maximum atomic E-state index is 5.98. The van der Waals surface area contributed by atoms with Gasteiger partial charge in [-0.1, -0.05) is 24.3 Å². The number of nitrogens with one attached hydrogen (secondary N) is 1. The van der Waals surface area contributed by atoms with E-state index in [1.807, 2.05) is 18.2 Å². The SMILES string of the molecule is COc1ccc(NC(N)=NCC2Cc3ccccc32)cc1OC.I. The molecule has 3 N–H and O–H groups in total. The third kappa shape index (κ3) is 3.92. The van der Waals surface area contributed by atoms with Crippen molar-refractivity contribution in [1.82, 2.24) is 0 Å². The van der Waals surface area contributed by atoms with Crippen LogP contribution in [-0.2, 0) is 6.42 Å². The van der Waals surface area contributed by atoms with E-state index in [1.165, 1.54) is 11.1 Å². The van der Waals surface area contributed by atoms with Crippen LogP contribution in [0.5, 0.6) is 11.5 Å². The van der Waals surface area contributed by atoms with Gasteiger partial charge in [0.25, 0.3) is 0 Å². The zero-order valence-corrected chi connectivity index (χ0v) is 16.1. The molecule has 24 heavy (non-hydrogen) atoms. The van der Waals surface area contributed by atoms with Gasteiger partial charge in [-0.3, -0.25) is 4.99 Å². The van der Waals surface area contributed by atoms with Crippen LogP contribution in [0.1, 0.15) is 17.0 Å². The Balaban J connectivity index is 0.00000208. The van der Waals surface area contributed by atoms with E-state index < -0.39 is 0 Å². The summed E-state index contributed by atoms with van der Waals surface area (Å²) in [6.07, 6.45) is 1.07. The second-order valence-corrected chi connectivity index (χ2v) is 5.52. The summed E-state index contributed by atoms with van der Waals surface area (Å²) < 4.78 is 10.5. The minimum absolute atomic E-state index is 0. The number of methoxy groups -OCH3 is 2. The van der Waals surface area contributed by atoms with E-state index >= 15 is 0 Å². The van der Waals surface area contributed by atoms with Gasteiger partial charge in [0.1, 0.15) is 0 Å². The van der Waals surface area contributed by atoms with Gasteiger partial charge in [-0.05, 0) is 29.7 Å². The predicted molar refractivity (Wildman–Crippen MR) is 108 cm³/mol. The van der Waals surface area contributed by atoms with Gasteiger partial charge in [-0.2, -0.15) is 0 Å². The number of hydrogen-bond donors (Lipinski definition) is 2. The molecule has 0 fully saturated rings. The second-order valence-electron chi connectivity index (χ2n) is 5.52. The van der Waals surface area contributed by atoms with Crippen molar-refractivity contribution in [2.45, 2.75) is 12.3 Å². The summed E-state index contributed by atoms with van der Waals surface area (Å²) in [5, 5.41) is 3.09. The zero-order chi connectivity index (χ0) is 16.2. The van der Waals surface area contributed by atoms with Crippen molar-refractivity contribution >= 4 is 35.6 Å². The number of nitrogens with two attached hydrogens (primary N) is 1. The molecule has 1 atom stereocenters. The topological polar surface area (TPSA) is 68.9 Å². The molecular weight excluding hydrogens is 417 g/mol. The van der Waals surface area contributed by atoms with Crippen molar-refractivity contribution in [1.29, 1.82) is 0 Å². The van der Waals surface area contributed by atoms with Crippen LogP contribution < -0.4 is 20.5 Å². The molecule has 0 radical (unpaired) electrons. The molecule has 6 heteroatoms. The van der Waals surface area contributed by atoms with Crippen molar-refractivity contribution in [2.24, 2.45) is 10.7 Å². The van der Waals surface area contributed by atoms with Crippen LogP contribution in [0, 0.1) is 0 Å². The van der Waals surface area contributed by atoms with E-state index in [0.29, 0.717) is 29.9 Å². The van der Waals surface area contributed by atoms with Crippen molar-refractivity contribution in [3.8, 4) is 11.5 Å². The van der Waals surface area contributed by atoms with Gasteiger partial charge < -0.3 is 20.5 Å². The highest BCUT2D eigenvalue weighted by Gasteiger charge is 2.24. The lowest BCUT2D eigenvalue weighted by atomic mass is 9.78. The summed E-state index contributed by atoms with van der Waals surface area (Å²) in [6, 6.07) is 14.0. The molecule has 0 aromatic heterocycles. The third-order valence-corrected chi connectivity index (χ3v) is 4.10. The van der Waals surface area contributed by atoms with E-state index in [0.717, 1.165) is 12.1 Å². The molecule has 2 aromatic carbocycles. The molecule has 1 aliphatic rings. The summed E-state index contributed by atoms with van der Waals surface area (Å²) in [6.45, 7) is 0.698. The summed E-state index contributed by atoms with van der Waals surface area (Å²) in [5.74, 6) is 2.21. The Morgan fingerprint density at radius 1 is 1.17 bits per heavy atom. The van der Waals surface area contributed by atoms with Crippen LogP contribution in [0.2, 0.25) is 0 Å². The van der Waals surface area contributed by atoms with Crippen LogP contribution >= 0.6 is 24.0 Å². The van der Waals surface area contributed by atoms with E-state index in [1.54, 1.807) is 14.2 Å². The molecule has 1 aliphatic carbocycles. The number of rotatable bonds is 5. The number of benzene rings is 2. The molecule has 0 bridgehead atoms. The van der Waals surface area contributed by atoms with Crippen LogP contribution in [0.4, 0.5) is 5.69 Å². The Labute approximate surface area is 159 Å². The number of hydrogen-bond acceptors (Lipinski definition) is 3. The van der Waals surface area contributed by atoms with Crippen LogP contribution in [0.3, 0.4) is 0 Å². The Kier molecular flexibility index (Phi) is 6.30. The minimum Gasteiger partial charge on any atom is -0.493 e. The molecule has 0 heterocycles. The van der Waals surface area contributed by atoms with E-state index in [-0.39, 0.29) is 24.0 Å². The first-order valence-corrected chi connectivity index (χ1v) is 7.58. The lowest BCUT2D eigenvalue weighted by Gasteiger charge is -2.28. The maximum absolute atomic E-state index is 5.98. The first-order chi connectivity index (χ1) is 11.2. The molecule has 2 aromatic rings. The highest BCUT2D eigenvalue weighted by Crippen LogP contribution is 2.34. The fraction of sp³-hybridized carbons (Fsp3) is 0.278. The Hall–Kier alpha value is -1.96. The molecule has 5 nitrogen and oxygen atoms in total. The Bertz CT molecular complexity index is 734. The molecule has 1 unspecified atom stereocenters. The van der Waals surface area contributed by atoms with Crippen molar-refractivity contribution in [2.75, 3.05) is 26.1 Å². The van der Waals surface area contributed by atoms with Gasteiger partial charge in [0, 0.05) is 24.2 Å². The quantitative estimate of drug-likeness (QED) is 0.426. The summed E-state index contributed by atoms with van der Waals surface area (Å²) in [7, 11) is 3.21. The van der Waals surface area contributed by atoms with Crippen molar-refractivity contribution < 1.29 is 9.47 Å².